The molecule has 0 saturated carbocycles. The summed E-state index contributed by atoms with van der Waals surface area (Å²) >= 11 is 3.14. The minimum Gasteiger partial charge on any atom is -0.396 e. The van der Waals surface area contributed by atoms with Crippen LogP contribution in [0, 0.1) is 5.82 Å². The fraction of sp³-hybridized carbons (Fsp3) is 0. The van der Waals surface area contributed by atoms with Gasteiger partial charge in [0.05, 0.1) is 11.1 Å². The number of nitrogens with two attached hydrogens (primary N) is 1. The highest BCUT2D eigenvalue weighted by atomic mass is 79.9. The van der Waals surface area contributed by atoms with E-state index in [0.29, 0.717) is 15.6 Å². The molecule has 62 valence electrons. The second-order valence-corrected chi connectivity index (χ2v) is 3.09. The Balaban J connectivity index is 2.87. The molecule has 0 saturated heterocycles. The maximum absolute atomic E-state index is 12.8. The molecule has 0 atom stereocenters. The highest BCUT2D eigenvalue weighted by Gasteiger charge is 2.08. The van der Waals surface area contributed by atoms with Crippen molar-refractivity contribution in [2.45, 2.75) is 0 Å². The maximum Gasteiger partial charge on any atom is 0.171 e. The summed E-state index contributed by atoms with van der Waals surface area (Å²) in [6.07, 6.45) is 0. The molecule has 12 heavy (non-hydrogen) atoms. The number of hydrogen-bond donors (Lipinski definition) is 1. The lowest BCUT2D eigenvalue weighted by molar-refractivity contribution is 0.450. The molecule has 2 rings (SSSR count). The van der Waals surface area contributed by atoms with Crippen molar-refractivity contribution in [3.8, 4) is 0 Å². The lowest BCUT2D eigenvalue weighted by atomic mass is 10.2. The van der Waals surface area contributed by atoms with Crippen LogP contribution in [0.25, 0.3) is 11.0 Å². The summed E-state index contributed by atoms with van der Waals surface area (Å²) in [4.78, 5) is 0. The van der Waals surface area contributed by atoms with E-state index in [-0.39, 0.29) is 5.69 Å². The van der Waals surface area contributed by atoms with E-state index >= 15 is 0 Å². The third kappa shape index (κ3) is 0.972. The van der Waals surface area contributed by atoms with E-state index in [9.17, 15) is 4.39 Å². The first-order chi connectivity index (χ1) is 5.68. The molecule has 2 N–H and O–H groups in total. The monoisotopic (exact) mass is 230 g/mol. The van der Waals surface area contributed by atoms with Crippen molar-refractivity contribution in [3.63, 3.8) is 0 Å². The summed E-state index contributed by atoms with van der Waals surface area (Å²) in [7, 11) is 0. The first-order valence-electron chi connectivity index (χ1n) is 3.18. The van der Waals surface area contributed by atoms with E-state index in [0.717, 1.165) is 0 Å². The van der Waals surface area contributed by atoms with E-state index in [2.05, 4.69) is 21.1 Å². The van der Waals surface area contributed by atoms with Gasteiger partial charge in [-0.25, -0.2) is 4.39 Å². The molecule has 1 aromatic heterocycles. The molecule has 0 aliphatic carbocycles. The van der Waals surface area contributed by atoms with Crippen LogP contribution in [0.3, 0.4) is 0 Å². The second-order valence-electron chi connectivity index (χ2n) is 2.34. The molecule has 2 aromatic rings. The van der Waals surface area contributed by atoms with Gasteiger partial charge in [-0.15, -0.1) is 0 Å². The highest BCUT2D eigenvalue weighted by Crippen LogP contribution is 2.26. The van der Waals surface area contributed by atoms with Gasteiger partial charge >= 0.3 is 0 Å². The molecule has 0 bridgehead atoms. The molecular weight excluding hydrogens is 227 g/mol. The maximum atomic E-state index is 12.8. The Morgan fingerprint density at radius 2 is 2.25 bits per heavy atom. The SMILES string of the molecule is Nc1cc2c(Br)noc2cc1F. The third-order valence-electron chi connectivity index (χ3n) is 1.55. The van der Waals surface area contributed by atoms with Crippen LogP contribution in [0.15, 0.2) is 21.3 Å². The van der Waals surface area contributed by atoms with Crippen molar-refractivity contribution in [1.82, 2.24) is 5.16 Å². The number of nitrogen functional groups attached to an aromatic ring is 1. The summed E-state index contributed by atoms with van der Waals surface area (Å²) in [6.45, 7) is 0. The average Bonchev–Trinajstić information content (AvgIpc) is 2.35. The van der Waals surface area contributed by atoms with Gasteiger partial charge in [-0.3, -0.25) is 0 Å². The number of benzene rings is 1. The van der Waals surface area contributed by atoms with Gasteiger partial charge in [-0.2, -0.15) is 0 Å². The second kappa shape index (κ2) is 2.45. The van der Waals surface area contributed by atoms with Gasteiger partial charge in [0.25, 0.3) is 0 Å². The van der Waals surface area contributed by atoms with Crippen LogP contribution >= 0.6 is 15.9 Å². The molecule has 0 amide bonds. The summed E-state index contributed by atoms with van der Waals surface area (Å²) < 4.78 is 18.2. The molecule has 1 aromatic carbocycles. The number of hydrogen-bond acceptors (Lipinski definition) is 3. The molecule has 3 nitrogen and oxygen atoms in total. The standard InChI is InChI=1S/C7H4BrFN2O/c8-7-3-1-5(10)4(9)2-6(3)12-11-7/h1-2H,10H2. The van der Waals surface area contributed by atoms with Crippen molar-refractivity contribution < 1.29 is 8.91 Å². The number of rotatable bonds is 0. The smallest absolute Gasteiger partial charge is 0.171 e. The highest BCUT2D eigenvalue weighted by molar-refractivity contribution is 9.10. The van der Waals surface area contributed by atoms with Crippen molar-refractivity contribution in [3.05, 3.63) is 22.6 Å². The van der Waals surface area contributed by atoms with Crippen LogP contribution in [-0.4, -0.2) is 5.16 Å². The third-order valence-corrected chi connectivity index (χ3v) is 2.12. The van der Waals surface area contributed by atoms with E-state index in [4.69, 9.17) is 10.3 Å². The van der Waals surface area contributed by atoms with Crippen LogP contribution in [0.2, 0.25) is 0 Å². The lowest BCUT2D eigenvalue weighted by Gasteiger charge is -1.93. The Labute approximate surface area is 75.5 Å². The summed E-state index contributed by atoms with van der Waals surface area (Å²) in [5, 5.41) is 4.27. The van der Waals surface area contributed by atoms with Crippen LogP contribution in [0.4, 0.5) is 10.1 Å². The molecule has 1 heterocycles. The van der Waals surface area contributed by atoms with Crippen LogP contribution in [-0.2, 0) is 0 Å². The number of aromatic nitrogens is 1. The van der Waals surface area contributed by atoms with Gasteiger partial charge < -0.3 is 10.3 Å². The Hall–Kier alpha value is -1.10. The topological polar surface area (TPSA) is 52.0 Å². The predicted molar refractivity (Wildman–Crippen MR) is 46.1 cm³/mol. The Kier molecular flexibility index (Phi) is 1.54. The largest absolute Gasteiger partial charge is 0.396 e. The quantitative estimate of drug-likeness (QED) is 0.707. The molecule has 0 unspecified atom stereocenters. The first-order valence-corrected chi connectivity index (χ1v) is 3.97. The molecule has 0 fully saturated rings. The fourth-order valence-electron chi connectivity index (χ4n) is 0.947. The molecule has 5 heteroatoms. The van der Waals surface area contributed by atoms with Crippen LogP contribution in [0.1, 0.15) is 0 Å². The number of anilines is 1. The normalized spacial score (nSPS) is 10.8. The number of halogens is 2. The van der Waals surface area contributed by atoms with E-state index in [1.165, 1.54) is 12.1 Å². The van der Waals surface area contributed by atoms with E-state index in [1.54, 1.807) is 0 Å². The van der Waals surface area contributed by atoms with Crippen molar-refractivity contribution in [2.75, 3.05) is 5.73 Å². The number of fused-ring (bicyclic) bond motifs is 1. The van der Waals surface area contributed by atoms with Crippen molar-refractivity contribution in [1.29, 1.82) is 0 Å². The molecule has 0 aliphatic heterocycles. The van der Waals surface area contributed by atoms with Gasteiger partial charge in [-0.05, 0) is 22.0 Å². The summed E-state index contributed by atoms with van der Waals surface area (Å²) in [5.74, 6) is -0.494. The van der Waals surface area contributed by atoms with Gasteiger partial charge in [-0.1, -0.05) is 5.16 Å². The minimum atomic E-state index is -0.494. The zero-order valence-electron chi connectivity index (χ0n) is 5.84. The lowest BCUT2D eigenvalue weighted by Crippen LogP contribution is -1.88. The Morgan fingerprint density at radius 3 is 3.00 bits per heavy atom. The number of nitrogens with zero attached hydrogens (tertiary/aromatic N) is 1. The predicted octanol–water partition coefficient (Wildman–Crippen LogP) is 2.31. The zero-order valence-corrected chi connectivity index (χ0v) is 7.43. The minimum absolute atomic E-state index is 0.0893. The molecule has 0 spiro atoms. The average molecular weight is 231 g/mol. The van der Waals surface area contributed by atoms with E-state index in [1.807, 2.05) is 0 Å². The van der Waals surface area contributed by atoms with Gasteiger partial charge in [0.15, 0.2) is 10.2 Å². The Bertz CT molecular complexity index is 440. The van der Waals surface area contributed by atoms with Crippen molar-refractivity contribution in [2.24, 2.45) is 0 Å². The fourth-order valence-corrected chi connectivity index (χ4v) is 1.33. The molecular formula is C7H4BrFN2O. The first kappa shape index (κ1) is 7.54. The van der Waals surface area contributed by atoms with Crippen LogP contribution in [0.5, 0.6) is 0 Å². The van der Waals surface area contributed by atoms with Crippen molar-refractivity contribution >= 4 is 32.6 Å². The molecule has 0 aliphatic rings. The van der Waals surface area contributed by atoms with E-state index < -0.39 is 5.82 Å². The molecule has 0 radical (unpaired) electrons. The Morgan fingerprint density at radius 1 is 1.50 bits per heavy atom. The zero-order chi connectivity index (χ0) is 8.72. The summed E-state index contributed by atoms with van der Waals surface area (Å²) in [6, 6.07) is 2.69. The van der Waals surface area contributed by atoms with Gasteiger partial charge in [0.1, 0.15) is 5.82 Å². The summed E-state index contributed by atoms with van der Waals surface area (Å²) in [5.41, 5.74) is 5.82. The van der Waals surface area contributed by atoms with Gasteiger partial charge in [0.2, 0.25) is 0 Å². The van der Waals surface area contributed by atoms with Gasteiger partial charge in [0, 0.05) is 6.07 Å². The van der Waals surface area contributed by atoms with Crippen LogP contribution < -0.4 is 5.73 Å².